The maximum Gasteiger partial charge on any atom is 0.349 e. The number of ether oxygens (including phenoxy) is 1. The van der Waals surface area contributed by atoms with Crippen LogP contribution in [0, 0.1) is 12.7 Å². The number of hydrogen-bond donors (Lipinski definition) is 3. The average molecular weight is 450 g/mol. The second-order valence-corrected chi connectivity index (χ2v) is 7.81. The third-order valence-corrected chi connectivity index (χ3v) is 5.88. The number of aromatic carboxylic acids is 1. The Balaban J connectivity index is 1.86. The van der Waals surface area contributed by atoms with Crippen molar-refractivity contribution in [3.05, 3.63) is 69.3 Å². The van der Waals surface area contributed by atoms with E-state index in [0.29, 0.717) is 28.2 Å². The lowest BCUT2D eigenvalue weighted by Crippen LogP contribution is -2.10. The molecule has 0 saturated carbocycles. The van der Waals surface area contributed by atoms with Crippen LogP contribution in [0.4, 0.5) is 10.1 Å². The van der Waals surface area contributed by atoms with Crippen LogP contribution in [-0.2, 0) is 11.3 Å². The second-order valence-electron chi connectivity index (χ2n) is 6.41. The summed E-state index contributed by atoms with van der Waals surface area (Å²) < 4.78 is 18.8. The van der Waals surface area contributed by atoms with Crippen molar-refractivity contribution >= 4 is 40.6 Å². The van der Waals surface area contributed by atoms with Gasteiger partial charge in [-0.05, 0) is 41.8 Å². The molecule has 6 nitrogen and oxygen atoms in total. The molecule has 0 aliphatic rings. The number of thiophene rings is 1. The summed E-state index contributed by atoms with van der Waals surface area (Å²) in [7, 11) is 0. The molecule has 1 heterocycles. The van der Waals surface area contributed by atoms with Crippen LogP contribution >= 0.6 is 22.9 Å². The molecule has 0 radical (unpaired) electrons. The van der Waals surface area contributed by atoms with Crippen molar-refractivity contribution in [1.29, 1.82) is 0 Å². The Bertz CT molecular complexity index is 1110. The van der Waals surface area contributed by atoms with Crippen molar-refractivity contribution in [2.75, 3.05) is 11.9 Å². The fraction of sp³-hybridized carbons (Fsp3) is 0.143. The zero-order valence-corrected chi connectivity index (χ0v) is 17.3. The van der Waals surface area contributed by atoms with Gasteiger partial charge in [0.25, 0.3) is 0 Å². The first-order valence-corrected chi connectivity index (χ1v) is 9.95. The lowest BCUT2D eigenvalue weighted by atomic mass is 10.1. The van der Waals surface area contributed by atoms with Crippen LogP contribution in [0.25, 0.3) is 10.4 Å². The quantitative estimate of drug-likeness (QED) is 0.432. The number of carboxylic acid groups (broad SMARTS) is 2. The summed E-state index contributed by atoms with van der Waals surface area (Å²) in [5, 5.41) is 21.4. The Kier molecular flexibility index (Phi) is 6.59. The van der Waals surface area contributed by atoms with Crippen LogP contribution in [0.1, 0.15) is 20.8 Å². The van der Waals surface area contributed by atoms with E-state index in [1.165, 1.54) is 6.07 Å². The van der Waals surface area contributed by atoms with E-state index >= 15 is 0 Å². The summed E-state index contributed by atoms with van der Waals surface area (Å²) in [6.07, 6.45) is 0. The van der Waals surface area contributed by atoms with Crippen LogP contribution in [0.5, 0.6) is 5.75 Å². The number of nitrogens with one attached hydrogen (secondary N) is 1. The maximum atomic E-state index is 13.7. The zero-order valence-electron chi connectivity index (χ0n) is 15.7. The topological polar surface area (TPSA) is 95.9 Å². The zero-order chi connectivity index (χ0) is 21.8. The first-order valence-electron chi connectivity index (χ1n) is 8.75. The molecule has 0 bridgehead atoms. The van der Waals surface area contributed by atoms with Crippen LogP contribution in [0.15, 0.2) is 42.5 Å². The molecule has 0 fully saturated rings. The second kappa shape index (κ2) is 9.15. The smallest absolute Gasteiger partial charge is 0.349 e. The van der Waals surface area contributed by atoms with Crippen LogP contribution in [0.3, 0.4) is 0 Å². The monoisotopic (exact) mass is 449 g/mol. The minimum absolute atomic E-state index is 0.0457. The van der Waals surface area contributed by atoms with Gasteiger partial charge >= 0.3 is 11.9 Å². The first kappa shape index (κ1) is 21.6. The largest absolute Gasteiger partial charge is 0.479 e. The predicted octanol–water partition coefficient (Wildman–Crippen LogP) is 5.29. The van der Waals surface area contributed by atoms with E-state index in [4.69, 9.17) is 21.4 Å². The van der Waals surface area contributed by atoms with Crippen LogP contribution in [0.2, 0.25) is 5.02 Å². The van der Waals surface area contributed by atoms with Crippen molar-refractivity contribution in [2.45, 2.75) is 13.5 Å². The molecule has 0 aliphatic heterocycles. The third-order valence-electron chi connectivity index (χ3n) is 4.20. The van der Waals surface area contributed by atoms with Gasteiger partial charge in [0, 0.05) is 12.2 Å². The van der Waals surface area contributed by atoms with Gasteiger partial charge in [0.2, 0.25) is 0 Å². The molecule has 0 unspecified atom stereocenters. The molecule has 1 aromatic heterocycles. The highest BCUT2D eigenvalue weighted by atomic mass is 35.5. The predicted molar refractivity (Wildman–Crippen MR) is 113 cm³/mol. The number of carboxylic acids is 2. The molecular formula is C21H17ClFNO5S. The van der Waals surface area contributed by atoms with Gasteiger partial charge < -0.3 is 20.3 Å². The van der Waals surface area contributed by atoms with E-state index in [9.17, 15) is 19.1 Å². The Morgan fingerprint density at radius 1 is 1.20 bits per heavy atom. The number of anilines is 1. The Hall–Kier alpha value is -3.10. The van der Waals surface area contributed by atoms with Gasteiger partial charge in [-0.15, -0.1) is 11.3 Å². The lowest BCUT2D eigenvalue weighted by Gasteiger charge is -2.09. The summed E-state index contributed by atoms with van der Waals surface area (Å²) in [6.45, 7) is 1.40. The van der Waals surface area contributed by atoms with Crippen LogP contribution < -0.4 is 10.1 Å². The van der Waals surface area contributed by atoms with Crippen molar-refractivity contribution in [3.8, 4) is 16.2 Å². The van der Waals surface area contributed by atoms with E-state index in [2.05, 4.69) is 5.32 Å². The van der Waals surface area contributed by atoms with Gasteiger partial charge in [0.15, 0.2) is 17.2 Å². The SMILES string of the molecule is Cc1ccc(NCc2cccc(-c3sc(C(=O)O)c(OCC(=O)O)c3Cl)c2)cc1F. The summed E-state index contributed by atoms with van der Waals surface area (Å²) in [5.74, 6) is -2.96. The van der Waals surface area contributed by atoms with Crippen LogP contribution in [-0.4, -0.2) is 28.8 Å². The molecular weight excluding hydrogens is 433 g/mol. The number of carbonyl (C=O) groups is 2. The number of halogens is 2. The van der Waals surface area contributed by atoms with Gasteiger partial charge in [0.1, 0.15) is 10.8 Å². The fourth-order valence-electron chi connectivity index (χ4n) is 2.71. The highest BCUT2D eigenvalue weighted by Crippen LogP contribution is 2.45. The molecule has 0 aliphatic carbocycles. The lowest BCUT2D eigenvalue weighted by molar-refractivity contribution is -0.139. The molecule has 9 heteroatoms. The molecule has 0 saturated heterocycles. The molecule has 3 rings (SSSR count). The van der Waals surface area contributed by atoms with Gasteiger partial charge in [-0.3, -0.25) is 0 Å². The standard InChI is InChI=1S/C21H17ClFNO5S/c1-11-5-6-14(8-15(11)23)24-9-12-3-2-4-13(7-12)19-17(22)18(29-10-16(25)26)20(30-19)21(27)28/h2-8,24H,9-10H2,1H3,(H,25,26)(H,27,28). The highest BCUT2D eigenvalue weighted by Gasteiger charge is 2.24. The van der Waals surface area contributed by atoms with E-state index in [1.54, 1.807) is 31.2 Å². The van der Waals surface area contributed by atoms with E-state index in [1.807, 2.05) is 12.1 Å². The highest BCUT2D eigenvalue weighted by molar-refractivity contribution is 7.18. The van der Waals surface area contributed by atoms with Gasteiger partial charge in [0.05, 0.1) is 4.88 Å². The summed E-state index contributed by atoms with van der Waals surface area (Å²) >= 11 is 7.23. The molecule has 30 heavy (non-hydrogen) atoms. The molecule has 0 amide bonds. The molecule has 3 N–H and O–H groups in total. The first-order chi connectivity index (χ1) is 14.3. The number of benzene rings is 2. The minimum Gasteiger partial charge on any atom is -0.479 e. The summed E-state index contributed by atoms with van der Waals surface area (Å²) in [4.78, 5) is 22.6. The fourth-order valence-corrected chi connectivity index (χ4v) is 4.12. The average Bonchev–Trinajstić information content (AvgIpc) is 3.04. The molecule has 156 valence electrons. The van der Waals surface area contributed by atoms with Gasteiger partial charge in [-0.2, -0.15) is 0 Å². The number of aryl methyl sites for hydroxylation is 1. The third kappa shape index (κ3) is 4.90. The van der Waals surface area contributed by atoms with Crippen molar-refractivity contribution < 1.29 is 28.9 Å². The molecule has 0 atom stereocenters. The molecule has 3 aromatic rings. The normalized spacial score (nSPS) is 10.6. The van der Waals surface area contributed by atoms with Gasteiger partial charge in [-0.25, -0.2) is 14.0 Å². The van der Waals surface area contributed by atoms with Crippen molar-refractivity contribution in [3.63, 3.8) is 0 Å². The van der Waals surface area contributed by atoms with Gasteiger partial charge in [-0.1, -0.05) is 35.9 Å². The Labute approximate surface area is 180 Å². The van der Waals surface area contributed by atoms with E-state index in [0.717, 1.165) is 16.9 Å². The van der Waals surface area contributed by atoms with E-state index < -0.39 is 18.5 Å². The molecule has 2 aromatic carbocycles. The molecule has 0 spiro atoms. The minimum atomic E-state index is -1.26. The number of rotatable bonds is 8. The van der Waals surface area contributed by atoms with E-state index in [-0.39, 0.29) is 21.5 Å². The number of aliphatic carboxylic acids is 1. The van der Waals surface area contributed by atoms with Crippen molar-refractivity contribution in [1.82, 2.24) is 0 Å². The summed E-state index contributed by atoms with van der Waals surface area (Å²) in [6, 6.07) is 12.1. The Morgan fingerprint density at radius 3 is 2.63 bits per heavy atom. The number of hydrogen-bond acceptors (Lipinski definition) is 5. The maximum absolute atomic E-state index is 13.7. The Morgan fingerprint density at radius 2 is 1.97 bits per heavy atom. The summed E-state index contributed by atoms with van der Waals surface area (Å²) in [5.41, 5.74) is 2.72. The van der Waals surface area contributed by atoms with Crippen molar-refractivity contribution in [2.24, 2.45) is 0 Å².